The van der Waals surface area contributed by atoms with Crippen LogP contribution < -0.4 is 0 Å². The van der Waals surface area contributed by atoms with E-state index in [4.69, 9.17) is 11.6 Å². The van der Waals surface area contributed by atoms with Gasteiger partial charge in [-0.2, -0.15) is 0 Å². The van der Waals surface area contributed by atoms with Gasteiger partial charge >= 0.3 is 0 Å². The molecule has 14 heavy (non-hydrogen) atoms. The SMILES string of the molecule is CC(C)CN(C)Cc1cccc(Cl)n1. The predicted molar refractivity (Wildman–Crippen MR) is 60.4 cm³/mol. The van der Waals surface area contributed by atoms with E-state index in [1.54, 1.807) is 6.07 Å². The van der Waals surface area contributed by atoms with Crippen molar-refractivity contribution in [1.82, 2.24) is 9.88 Å². The highest BCUT2D eigenvalue weighted by Crippen LogP contribution is 2.07. The lowest BCUT2D eigenvalue weighted by molar-refractivity contribution is 0.285. The average Bonchev–Trinajstić information content (AvgIpc) is 2.01. The maximum atomic E-state index is 5.80. The predicted octanol–water partition coefficient (Wildman–Crippen LogP) is 2.82. The van der Waals surface area contributed by atoms with Crippen LogP contribution in [0.2, 0.25) is 5.15 Å². The molecule has 0 aliphatic rings. The monoisotopic (exact) mass is 212 g/mol. The third kappa shape index (κ3) is 4.07. The van der Waals surface area contributed by atoms with E-state index in [9.17, 15) is 0 Å². The summed E-state index contributed by atoms with van der Waals surface area (Å²) >= 11 is 5.80. The Hall–Kier alpha value is -0.600. The van der Waals surface area contributed by atoms with Gasteiger partial charge in [-0.3, -0.25) is 0 Å². The molecule has 0 unspecified atom stereocenters. The molecule has 0 atom stereocenters. The highest BCUT2D eigenvalue weighted by atomic mass is 35.5. The molecule has 0 radical (unpaired) electrons. The first-order valence-corrected chi connectivity index (χ1v) is 5.25. The van der Waals surface area contributed by atoms with Crippen LogP contribution in [0.3, 0.4) is 0 Å². The molecule has 1 heterocycles. The van der Waals surface area contributed by atoms with Gasteiger partial charge in [0.1, 0.15) is 5.15 Å². The largest absolute Gasteiger partial charge is 0.300 e. The Morgan fingerprint density at radius 1 is 1.43 bits per heavy atom. The van der Waals surface area contributed by atoms with Gasteiger partial charge in [-0.25, -0.2) is 4.98 Å². The first kappa shape index (κ1) is 11.5. The van der Waals surface area contributed by atoms with Crippen molar-refractivity contribution < 1.29 is 0 Å². The second-order valence-electron chi connectivity index (χ2n) is 4.04. The second kappa shape index (κ2) is 5.32. The van der Waals surface area contributed by atoms with Crippen molar-refractivity contribution in [3.63, 3.8) is 0 Å². The van der Waals surface area contributed by atoms with Gasteiger partial charge in [-0.15, -0.1) is 0 Å². The van der Waals surface area contributed by atoms with Crippen LogP contribution >= 0.6 is 11.6 Å². The highest BCUT2D eigenvalue weighted by Gasteiger charge is 2.03. The zero-order valence-electron chi connectivity index (χ0n) is 9.00. The maximum Gasteiger partial charge on any atom is 0.129 e. The number of pyridine rings is 1. The standard InChI is InChI=1S/C11H17ClN2/c1-9(2)7-14(3)8-10-5-4-6-11(12)13-10/h4-6,9H,7-8H2,1-3H3. The van der Waals surface area contributed by atoms with Crippen LogP contribution in [0.1, 0.15) is 19.5 Å². The molecule has 0 amide bonds. The molecule has 0 saturated carbocycles. The fourth-order valence-electron chi connectivity index (χ4n) is 1.50. The van der Waals surface area contributed by atoms with Crippen molar-refractivity contribution in [3.8, 4) is 0 Å². The van der Waals surface area contributed by atoms with Crippen LogP contribution in [0.15, 0.2) is 18.2 Å². The van der Waals surface area contributed by atoms with Gasteiger partial charge in [0.15, 0.2) is 0 Å². The number of rotatable bonds is 4. The summed E-state index contributed by atoms with van der Waals surface area (Å²) < 4.78 is 0. The van der Waals surface area contributed by atoms with Crippen LogP contribution in [0, 0.1) is 5.92 Å². The third-order valence-electron chi connectivity index (χ3n) is 1.88. The highest BCUT2D eigenvalue weighted by molar-refractivity contribution is 6.29. The van der Waals surface area contributed by atoms with E-state index in [0.29, 0.717) is 11.1 Å². The van der Waals surface area contributed by atoms with Gasteiger partial charge in [-0.1, -0.05) is 31.5 Å². The van der Waals surface area contributed by atoms with Crippen molar-refractivity contribution >= 4 is 11.6 Å². The number of aromatic nitrogens is 1. The molecule has 1 aromatic rings. The quantitative estimate of drug-likeness (QED) is 0.714. The summed E-state index contributed by atoms with van der Waals surface area (Å²) in [6, 6.07) is 5.74. The fourth-order valence-corrected chi connectivity index (χ4v) is 1.68. The van der Waals surface area contributed by atoms with E-state index < -0.39 is 0 Å². The lowest BCUT2D eigenvalue weighted by atomic mass is 10.2. The van der Waals surface area contributed by atoms with E-state index in [1.165, 1.54) is 0 Å². The summed E-state index contributed by atoms with van der Waals surface area (Å²) in [7, 11) is 2.10. The summed E-state index contributed by atoms with van der Waals surface area (Å²) in [5, 5.41) is 0.570. The zero-order chi connectivity index (χ0) is 10.6. The van der Waals surface area contributed by atoms with Gasteiger partial charge < -0.3 is 4.90 Å². The van der Waals surface area contributed by atoms with E-state index in [1.807, 2.05) is 12.1 Å². The van der Waals surface area contributed by atoms with Crippen LogP contribution in [-0.2, 0) is 6.54 Å². The molecule has 0 fully saturated rings. The minimum absolute atomic E-state index is 0.570. The van der Waals surface area contributed by atoms with Crippen LogP contribution in [0.4, 0.5) is 0 Å². The number of hydrogen-bond acceptors (Lipinski definition) is 2. The molecule has 0 saturated heterocycles. The minimum Gasteiger partial charge on any atom is -0.300 e. The Bertz CT molecular complexity index is 286. The number of halogens is 1. The summed E-state index contributed by atoms with van der Waals surface area (Å²) in [4.78, 5) is 6.50. The van der Waals surface area contributed by atoms with Crippen molar-refractivity contribution in [2.24, 2.45) is 5.92 Å². The molecular weight excluding hydrogens is 196 g/mol. The molecule has 0 N–H and O–H groups in total. The topological polar surface area (TPSA) is 16.1 Å². The van der Waals surface area contributed by atoms with Crippen LogP contribution in [0.25, 0.3) is 0 Å². The molecule has 0 aliphatic carbocycles. The molecule has 0 spiro atoms. The molecule has 78 valence electrons. The Morgan fingerprint density at radius 3 is 2.71 bits per heavy atom. The van der Waals surface area contributed by atoms with Gasteiger partial charge in [-0.05, 0) is 25.1 Å². The van der Waals surface area contributed by atoms with E-state index >= 15 is 0 Å². The molecule has 0 aromatic carbocycles. The van der Waals surface area contributed by atoms with Gasteiger partial charge in [0.05, 0.1) is 5.69 Å². The summed E-state index contributed by atoms with van der Waals surface area (Å²) in [6.07, 6.45) is 0. The lowest BCUT2D eigenvalue weighted by Gasteiger charge is -2.18. The first-order valence-electron chi connectivity index (χ1n) is 4.88. The van der Waals surface area contributed by atoms with E-state index in [0.717, 1.165) is 18.8 Å². The average molecular weight is 213 g/mol. The molecule has 0 aliphatic heterocycles. The van der Waals surface area contributed by atoms with Crippen molar-refractivity contribution in [2.75, 3.05) is 13.6 Å². The first-order chi connectivity index (χ1) is 6.58. The molecule has 0 bridgehead atoms. The molecule has 2 nitrogen and oxygen atoms in total. The van der Waals surface area contributed by atoms with Crippen LogP contribution in [-0.4, -0.2) is 23.5 Å². The summed E-state index contributed by atoms with van der Waals surface area (Å²) in [6.45, 7) is 6.36. The number of hydrogen-bond donors (Lipinski definition) is 0. The van der Waals surface area contributed by atoms with E-state index in [-0.39, 0.29) is 0 Å². The summed E-state index contributed by atoms with van der Waals surface area (Å²) in [5.74, 6) is 0.680. The molecular formula is C11H17ClN2. The minimum atomic E-state index is 0.570. The smallest absolute Gasteiger partial charge is 0.129 e. The fraction of sp³-hybridized carbons (Fsp3) is 0.545. The van der Waals surface area contributed by atoms with Crippen molar-refractivity contribution in [1.29, 1.82) is 0 Å². The molecule has 3 heteroatoms. The Labute approximate surface area is 90.9 Å². The molecule has 1 aromatic heterocycles. The second-order valence-corrected chi connectivity index (χ2v) is 4.43. The van der Waals surface area contributed by atoms with Gasteiger partial charge in [0.2, 0.25) is 0 Å². The van der Waals surface area contributed by atoms with Crippen molar-refractivity contribution in [2.45, 2.75) is 20.4 Å². The molecule has 1 rings (SSSR count). The normalized spacial score (nSPS) is 11.3. The van der Waals surface area contributed by atoms with E-state index in [2.05, 4.69) is 30.8 Å². The Balaban J connectivity index is 2.51. The van der Waals surface area contributed by atoms with Gasteiger partial charge in [0.25, 0.3) is 0 Å². The lowest BCUT2D eigenvalue weighted by Crippen LogP contribution is -2.23. The Kier molecular flexibility index (Phi) is 4.36. The Morgan fingerprint density at radius 2 is 2.14 bits per heavy atom. The van der Waals surface area contributed by atoms with Crippen molar-refractivity contribution in [3.05, 3.63) is 29.0 Å². The maximum absolute atomic E-state index is 5.80. The van der Waals surface area contributed by atoms with Crippen LogP contribution in [0.5, 0.6) is 0 Å². The zero-order valence-corrected chi connectivity index (χ0v) is 9.75. The summed E-state index contributed by atoms with van der Waals surface area (Å²) in [5.41, 5.74) is 1.03. The van der Waals surface area contributed by atoms with Gasteiger partial charge in [0, 0.05) is 13.1 Å². The number of nitrogens with zero attached hydrogens (tertiary/aromatic N) is 2. The third-order valence-corrected chi connectivity index (χ3v) is 2.09.